The number of likely N-dealkylation sites (N-methyl/N-ethyl adjacent to an activating group) is 1. The summed E-state index contributed by atoms with van der Waals surface area (Å²) in [5.41, 5.74) is 3.38. The smallest absolute Gasteiger partial charge is 0.227 e. The molecular weight excluding hydrogens is 288 g/mol. The van der Waals surface area contributed by atoms with Gasteiger partial charge >= 0.3 is 0 Å². The van der Waals surface area contributed by atoms with Gasteiger partial charge in [-0.05, 0) is 55.7 Å². The van der Waals surface area contributed by atoms with Crippen LogP contribution in [0.4, 0.5) is 0 Å². The Hall–Kier alpha value is -1.81. The van der Waals surface area contributed by atoms with E-state index in [1.807, 2.05) is 18.1 Å². The Labute approximate surface area is 137 Å². The molecule has 1 aliphatic rings. The molecule has 1 amide bonds. The van der Waals surface area contributed by atoms with Crippen LogP contribution in [0, 0.1) is 12.8 Å². The number of aryl methyl sites for hydroxylation is 1. The van der Waals surface area contributed by atoms with Crippen LogP contribution >= 0.6 is 0 Å². The van der Waals surface area contributed by atoms with Crippen molar-refractivity contribution in [1.29, 1.82) is 0 Å². The summed E-state index contributed by atoms with van der Waals surface area (Å²) in [6.07, 6.45) is 6.44. The van der Waals surface area contributed by atoms with E-state index in [0.717, 1.165) is 42.1 Å². The Morgan fingerprint density at radius 2 is 2.04 bits per heavy atom. The number of aromatic nitrogens is 1. The van der Waals surface area contributed by atoms with Gasteiger partial charge in [0, 0.05) is 36.8 Å². The van der Waals surface area contributed by atoms with Crippen LogP contribution < -0.4 is 0 Å². The first-order valence-electron chi connectivity index (χ1n) is 8.51. The van der Waals surface area contributed by atoms with Crippen LogP contribution in [-0.4, -0.2) is 40.6 Å². The standard InChI is InChI=1S/C19H26N2O2/c1-13-3-8-17-15(11-20-18(17)9-13)10-19(23)21(2)16-6-4-14(12-22)5-7-16/h3,8-9,11,14,16,20,22H,4-7,10,12H2,1-2H3. The second-order valence-corrected chi connectivity index (χ2v) is 6.90. The normalized spacial score (nSPS) is 21.5. The molecule has 2 N–H and O–H groups in total. The van der Waals surface area contributed by atoms with Gasteiger partial charge in [-0.1, -0.05) is 12.1 Å². The fraction of sp³-hybridized carbons (Fsp3) is 0.526. The van der Waals surface area contributed by atoms with Crippen molar-refractivity contribution in [1.82, 2.24) is 9.88 Å². The third kappa shape index (κ3) is 3.42. The molecule has 0 saturated heterocycles. The maximum absolute atomic E-state index is 12.6. The summed E-state index contributed by atoms with van der Waals surface area (Å²) < 4.78 is 0. The first-order valence-corrected chi connectivity index (χ1v) is 8.51. The lowest BCUT2D eigenvalue weighted by molar-refractivity contribution is -0.132. The van der Waals surface area contributed by atoms with Crippen molar-refractivity contribution in [2.24, 2.45) is 5.92 Å². The molecule has 124 valence electrons. The topological polar surface area (TPSA) is 56.3 Å². The lowest BCUT2D eigenvalue weighted by atomic mass is 9.86. The molecule has 1 saturated carbocycles. The Bertz CT molecular complexity index is 684. The average Bonchev–Trinajstić information content (AvgIpc) is 2.96. The number of hydrogen-bond acceptors (Lipinski definition) is 2. The number of carbonyl (C=O) groups is 1. The highest BCUT2D eigenvalue weighted by Crippen LogP contribution is 2.27. The average molecular weight is 314 g/mol. The summed E-state index contributed by atoms with van der Waals surface area (Å²) in [7, 11) is 1.92. The van der Waals surface area contributed by atoms with Crippen molar-refractivity contribution in [2.45, 2.75) is 45.1 Å². The molecule has 0 bridgehead atoms. The number of nitrogens with zero attached hydrogens (tertiary/aromatic N) is 1. The van der Waals surface area contributed by atoms with Crippen LogP contribution in [-0.2, 0) is 11.2 Å². The molecule has 1 aromatic heterocycles. The van der Waals surface area contributed by atoms with Crippen molar-refractivity contribution < 1.29 is 9.90 Å². The van der Waals surface area contributed by atoms with Crippen LogP contribution in [0.1, 0.15) is 36.8 Å². The predicted molar refractivity (Wildman–Crippen MR) is 92.3 cm³/mol. The Balaban J connectivity index is 1.66. The number of aromatic amines is 1. The number of nitrogens with one attached hydrogen (secondary N) is 1. The molecule has 1 aromatic carbocycles. The molecular formula is C19H26N2O2. The second-order valence-electron chi connectivity index (χ2n) is 6.90. The van der Waals surface area contributed by atoms with E-state index in [9.17, 15) is 9.90 Å². The second kappa shape index (κ2) is 6.75. The molecule has 0 spiro atoms. The van der Waals surface area contributed by atoms with Gasteiger partial charge < -0.3 is 15.0 Å². The number of aliphatic hydroxyl groups is 1. The van der Waals surface area contributed by atoms with Crippen molar-refractivity contribution >= 4 is 16.8 Å². The van der Waals surface area contributed by atoms with E-state index in [0.29, 0.717) is 18.4 Å². The number of hydrogen-bond donors (Lipinski definition) is 2. The van der Waals surface area contributed by atoms with Crippen LogP contribution in [0.3, 0.4) is 0 Å². The molecule has 3 rings (SSSR count). The maximum Gasteiger partial charge on any atom is 0.227 e. The van der Waals surface area contributed by atoms with Crippen LogP contribution in [0.2, 0.25) is 0 Å². The summed E-state index contributed by atoms with van der Waals surface area (Å²) in [5.74, 6) is 0.602. The zero-order valence-corrected chi connectivity index (χ0v) is 14.0. The molecule has 0 unspecified atom stereocenters. The van der Waals surface area contributed by atoms with Crippen LogP contribution in [0.25, 0.3) is 10.9 Å². The van der Waals surface area contributed by atoms with Gasteiger partial charge in [0.25, 0.3) is 0 Å². The summed E-state index contributed by atoms with van der Waals surface area (Å²) in [6.45, 7) is 2.35. The first kappa shape index (κ1) is 16.1. The van der Waals surface area contributed by atoms with E-state index in [2.05, 4.69) is 30.1 Å². The molecule has 2 aromatic rings. The maximum atomic E-state index is 12.6. The Morgan fingerprint density at radius 3 is 2.74 bits per heavy atom. The van der Waals surface area contributed by atoms with E-state index in [4.69, 9.17) is 0 Å². The van der Waals surface area contributed by atoms with Crippen molar-refractivity contribution in [3.05, 3.63) is 35.5 Å². The van der Waals surface area contributed by atoms with E-state index in [1.165, 1.54) is 5.56 Å². The molecule has 0 atom stereocenters. The minimum absolute atomic E-state index is 0.180. The van der Waals surface area contributed by atoms with E-state index in [1.54, 1.807) is 0 Å². The molecule has 1 aliphatic carbocycles. The number of fused-ring (bicyclic) bond motifs is 1. The SMILES string of the molecule is Cc1ccc2c(CC(=O)N(C)C3CCC(CO)CC3)c[nH]c2c1. The quantitative estimate of drug-likeness (QED) is 0.911. The highest BCUT2D eigenvalue weighted by Gasteiger charge is 2.26. The zero-order chi connectivity index (χ0) is 16.4. The minimum Gasteiger partial charge on any atom is -0.396 e. The van der Waals surface area contributed by atoms with Gasteiger partial charge in [0.1, 0.15) is 0 Å². The number of H-pyrrole nitrogens is 1. The lowest BCUT2D eigenvalue weighted by Gasteiger charge is -2.34. The third-order valence-electron chi connectivity index (χ3n) is 5.28. The van der Waals surface area contributed by atoms with Gasteiger partial charge in [-0.3, -0.25) is 4.79 Å². The highest BCUT2D eigenvalue weighted by atomic mass is 16.3. The largest absolute Gasteiger partial charge is 0.396 e. The summed E-state index contributed by atoms with van der Waals surface area (Å²) >= 11 is 0. The summed E-state index contributed by atoms with van der Waals surface area (Å²) in [4.78, 5) is 17.8. The molecule has 23 heavy (non-hydrogen) atoms. The molecule has 4 nitrogen and oxygen atoms in total. The first-order chi connectivity index (χ1) is 11.1. The van der Waals surface area contributed by atoms with Crippen molar-refractivity contribution in [2.75, 3.05) is 13.7 Å². The van der Waals surface area contributed by atoms with Crippen LogP contribution in [0.15, 0.2) is 24.4 Å². The lowest BCUT2D eigenvalue weighted by Crippen LogP contribution is -2.40. The molecule has 1 fully saturated rings. The zero-order valence-electron chi connectivity index (χ0n) is 14.0. The molecule has 0 radical (unpaired) electrons. The Kier molecular flexibility index (Phi) is 4.71. The fourth-order valence-corrected chi connectivity index (χ4v) is 3.65. The molecule has 1 heterocycles. The summed E-state index contributed by atoms with van der Waals surface area (Å²) in [6, 6.07) is 6.61. The Morgan fingerprint density at radius 1 is 1.30 bits per heavy atom. The third-order valence-corrected chi connectivity index (χ3v) is 5.28. The van der Waals surface area contributed by atoms with Gasteiger partial charge in [0.2, 0.25) is 5.91 Å². The number of benzene rings is 1. The number of rotatable bonds is 4. The minimum atomic E-state index is 0.180. The predicted octanol–water partition coefficient (Wildman–Crippen LogP) is 3.03. The number of amides is 1. The summed E-state index contributed by atoms with van der Waals surface area (Å²) in [5, 5.41) is 10.4. The van der Waals surface area contributed by atoms with E-state index < -0.39 is 0 Å². The van der Waals surface area contributed by atoms with Gasteiger partial charge in [0.15, 0.2) is 0 Å². The monoisotopic (exact) mass is 314 g/mol. The fourth-order valence-electron chi connectivity index (χ4n) is 3.65. The van der Waals surface area contributed by atoms with E-state index >= 15 is 0 Å². The number of carbonyl (C=O) groups excluding carboxylic acids is 1. The molecule has 0 aliphatic heterocycles. The molecule has 4 heteroatoms. The number of aliphatic hydroxyl groups excluding tert-OH is 1. The van der Waals surface area contributed by atoms with Crippen LogP contribution in [0.5, 0.6) is 0 Å². The van der Waals surface area contributed by atoms with Gasteiger partial charge in [-0.25, -0.2) is 0 Å². The van der Waals surface area contributed by atoms with Gasteiger partial charge in [-0.15, -0.1) is 0 Å². The van der Waals surface area contributed by atoms with Gasteiger partial charge in [0.05, 0.1) is 6.42 Å². The van der Waals surface area contributed by atoms with Crippen molar-refractivity contribution in [3.8, 4) is 0 Å². The van der Waals surface area contributed by atoms with Gasteiger partial charge in [-0.2, -0.15) is 0 Å². The van der Waals surface area contributed by atoms with E-state index in [-0.39, 0.29) is 12.5 Å². The highest BCUT2D eigenvalue weighted by molar-refractivity contribution is 5.89. The van der Waals surface area contributed by atoms with Crippen molar-refractivity contribution in [3.63, 3.8) is 0 Å².